The standard InChI is InChI=1S/C12H11F2N3O/c1-5-8(13)2-6(3-10(5)15)11-16-12(18-17-11)7-4-9(7)14/h2-3,7,9H,4,15H2,1H3. The second-order valence-electron chi connectivity index (χ2n) is 4.49. The van der Waals surface area contributed by atoms with E-state index in [1.54, 1.807) is 13.0 Å². The molecular weight excluding hydrogens is 240 g/mol. The molecule has 1 aliphatic carbocycles. The number of rotatable bonds is 2. The highest BCUT2D eigenvalue weighted by molar-refractivity contribution is 5.63. The number of anilines is 1. The minimum atomic E-state index is -0.905. The normalized spacial score (nSPS) is 22.2. The van der Waals surface area contributed by atoms with Gasteiger partial charge in [0, 0.05) is 16.8 Å². The Hall–Kier alpha value is -1.98. The Labute approximate surface area is 102 Å². The molecule has 0 spiro atoms. The van der Waals surface area contributed by atoms with Crippen molar-refractivity contribution in [2.75, 3.05) is 5.73 Å². The zero-order chi connectivity index (χ0) is 12.9. The molecule has 4 nitrogen and oxygen atoms in total. The summed E-state index contributed by atoms with van der Waals surface area (Å²) in [5.41, 5.74) is 6.81. The van der Waals surface area contributed by atoms with Crippen LogP contribution in [0.1, 0.15) is 23.8 Å². The third-order valence-corrected chi connectivity index (χ3v) is 3.11. The molecule has 2 aromatic rings. The van der Waals surface area contributed by atoms with Gasteiger partial charge in [-0.25, -0.2) is 8.78 Å². The summed E-state index contributed by atoms with van der Waals surface area (Å²) in [6, 6.07) is 2.87. The first-order chi connectivity index (χ1) is 8.56. The maximum Gasteiger partial charge on any atom is 0.233 e. The summed E-state index contributed by atoms with van der Waals surface area (Å²) in [5.74, 6) is -0.239. The number of hydrogen-bond acceptors (Lipinski definition) is 4. The molecule has 1 saturated carbocycles. The Kier molecular flexibility index (Phi) is 2.33. The van der Waals surface area contributed by atoms with Crippen molar-refractivity contribution in [2.45, 2.75) is 25.4 Å². The number of alkyl halides is 1. The number of aromatic nitrogens is 2. The fourth-order valence-electron chi connectivity index (χ4n) is 1.75. The number of hydrogen-bond donors (Lipinski definition) is 1. The van der Waals surface area contributed by atoms with Crippen LogP contribution >= 0.6 is 0 Å². The Morgan fingerprint density at radius 1 is 1.44 bits per heavy atom. The Morgan fingerprint density at radius 3 is 2.78 bits per heavy atom. The molecule has 0 amide bonds. The van der Waals surface area contributed by atoms with Crippen molar-refractivity contribution in [3.63, 3.8) is 0 Å². The number of nitrogens with two attached hydrogens (primary N) is 1. The molecule has 1 heterocycles. The summed E-state index contributed by atoms with van der Waals surface area (Å²) in [7, 11) is 0. The van der Waals surface area contributed by atoms with E-state index in [4.69, 9.17) is 10.3 Å². The van der Waals surface area contributed by atoms with Crippen molar-refractivity contribution in [2.24, 2.45) is 0 Å². The van der Waals surface area contributed by atoms with Gasteiger partial charge in [-0.2, -0.15) is 4.98 Å². The lowest BCUT2D eigenvalue weighted by molar-refractivity contribution is 0.363. The van der Waals surface area contributed by atoms with E-state index >= 15 is 0 Å². The SMILES string of the molecule is Cc1c(N)cc(-c2noc(C3CC3F)n2)cc1F. The highest BCUT2D eigenvalue weighted by atomic mass is 19.1. The first kappa shape index (κ1) is 11.1. The molecule has 0 aliphatic heterocycles. The summed E-state index contributed by atoms with van der Waals surface area (Å²) in [5, 5.41) is 3.72. The van der Waals surface area contributed by atoms with Crippen LogP contribution < -0.4 is 5.73 Å². The minimum Gasteiger partial charge on any atom is -0.398 e. The fourth-order valence-corrected chi connectivity index (χ4v) is 1.75. The summed E-state index contributed by atoms with van der Waals surface area (Å²) in [6.45, 7) is 1.59. The lowest BCUT2D eigenvalue weighted by Gasteiger charge is -2.03. The summed E-state index contributed by atoms with van der Waals surface area (Å²) in [4.78, 5) is 4.06. The van der Waals surface area contributed by atoms with E-state index in [0.29, 0.717) is 23.2 Å². The van der Waals surface area contributed by atoms with Crippen LogP contribution in [0, 0.1) is 12.7 Å². The van der Waals surface area contributed by atoms with Gasteiger partial charge in [0.1, 0.15) is 12.0 Å². The highest BCUT2D eigenvalue weighted by Crippen LogP contribution is 2.43. The Morgan fingerprint density at radius 2 is 2.17 bits per heavy atom. The van der Waals surface area contributed by atoms with Gasteiger partial charge < -0.3 is 10.3 Å². The van der Waals surface area contributed by atoms with Crippen molar-refractivity contribution < 1.29 is 13.3 Å². The zero-order valence-electron chi connectivity index (χ0n) is 9.65. The van der Waals surface area contributed by atoms with E-state index in [1.807, 2.05) is 0 Å². The fraction of sp³-hybridized carbons (Fsp3) is 0.333. The zero-order valence-corrected chi connectivity index (χ0v) is 9.65. The smallest absolute Gasteiger partial charge is 0.233 e. The average molecular weight is 251 g/mol. The van der Waals surface area contributed by atoms with Crippen molar-refractivity contribution in [3.05, 3.63) is 29.4 Å². The van der Waals surface area contributed by atoms with E-state index in [0.717, 1.165) is 0 Å². The molecule has 3 rings (SSSR count). The van der Waals surface area contributed by atoms with Crippen LogP contribution in [0.2, 0.25) is 0 Å². The van der Waals surface area contributed by atoms with Crippen LogP contribution in [0.15, 0.2) is 16.7 Å². The molecule has 0 bridgehead atoms. The van der Waals surface area contributed by atoms with Gasteiger partial charge in [-0.05, 0) is 25.5 Å². The number of nitrogen functional groups attached to an aromatic ring is 1. The lowest BCUT2D eigenvalue weighted by Crippen LogP contribution is -1.95. The van der Waals surface area contributed by atoms with Gasteiger partial charge in [-0.1, -0.05) is 5.16 Å². The molecule has 6 heteroatoms. The maximum absolute atomic E-state index is 13.5. The van der Waals surface area contributed by atoms with Gasteiger partial charge in [0.15, 0.2) is 0 Å². The molecular formula is C12H11F2N3O. The average Bonchev–Trinajstić information content (AvgIpc) is 2.89. The quantitative estimate of drug-likeness (QED) is 0.833. The molecule has 0 radical (unpaired) electrons. The second kappa shape index (κ2) is 3.76. The molecule has 0 saturated heterocycles. The maximum atomic E-state index is 13.5. The van der Waals surface area contributed by atoms with Gasteiger partial charge in [-0.3, -0.25) is 0 Å². The van der Waals surface area contributed by atoms with Crippen LogP contribution in [-0.2, 0) is 0 Å². The number of halogens is 2. The third-order valence-electron chi connectivity index (χ3n) is 3.11. The van der Waals surface area contributed by atoms with Crippen LogP contribution in [0.4, 0.5) is 14.5 Å². The van der Waals surface area contributed by atoms with E-state index in [1.165, 1.54) is 6.07 Å². The monoisotopic (exact) mass is 251 g/mol. The Bertz CT molecular complexity index is 588. The second-order valence-corrected chi connectivity index (χ2v) is 4.49. The van der Waals surface area contributed by atoms with Gasteiger partial charge in [0.2, 0.25) is 11.7 Å². The van der Waals surface area contributed by atoms with Gasteiger partial charge in [0.05, 0.1) is 5.92 Å². The summed E-state index contributed by atoms with van der Waals surface area (Å²) >= 11 is 0. The molecule has 1 aliphatic rings. The molecule has 2 atom stereocenters. The number of benzene rings is 1. The first-order valence-corrected chi connectivity index (χ1v) is 5.60. The van der Waals surface area contributed by atoms with Gasteiger partial charge in [-0.15, -0.1) is 0 Å². The van der Waals surface area contributed by atoms with Gasteiger partial charge >= 0.3 is 0 Å². The molecule has 1 fully saturated rings. The van der Waals surface area contributed by atoms with Crippen LogP contribution in [0.5, 0.6) is 0 Å². The van der Waals surface area contributed by atoms with Crippen molar-refractivity contribution in [3.8, 4) is 11.4 Å². The van der Waals surface area contributed by atoms with E-state index in [9.17, 15) is 8.78 Å². The van der Waals surface area contributed by atoms with Crippen LogP contribution in [-0.4, -0.2) is 16.3 Å². The topological polar surface area (TPSA) is 64.9 Å². The summed E-state index contributed by atoms with van der Waals surface area (Å²) < 4.78 is 31.3. The lowest BCUT2D eigenvalue weighted by atomic mass is 10.1. The first-order valence-electron chi connectivity index (χ1n) is 5.60. The predicted octanol–water partition coefficient (Wildman–Crippen LogP) is 2.59. The molecule has 2 unspecified atom stereocenters. The highest BCUT2D eigenvalue weighted by Gasteiger charge is 2.43. The molecule has 1 aromatic carbocycles. The van der Waals surface area contributed by atoms with E-state index in [-0.39, 0.29) is 17.6 Å². The van der Waals surface area contributed by atoms with Crippen molar-refractivity contribution in [1.29, 1.82) is 0 Å². The van der Waals surface area contributed by atoms with Crippen LogP contribution in [0.25, 0.3) is 11.4 Å². The molecule has 94 valence electrons. The summed E-state index contributed by atoms with van der Waals surface area (Å²) in [6.07, 6.45) is -0.496. The Balaban J connectivity index is 1.97. The number of nitrogens with zero attached hydrogens (tertiary/aromatic N) is 2. The van der Waals surface area contributed by atoms with E-state index in [2.05, 4.69) is 10.1 Å². The van der Waals surface area contributed by atoms with Crippen molar-refractivity contribution >= 4 is 5.69 Å². The largest absolute Gasteiger partial charge is 0.398 e. The molecule has 18 heavy (non-hydrogen) atoms. The van der Waals surface area contributed by atoms with Crippen LogP contribution in [0.3, 0.4) is 0 Å². The molecule has 2 N–H and O–H groups in total. The minimum absolute atomic E-state index is 0.231. The van der Waals surface area contributed by atoms with Gasteiger partial charge in [0.25, 0.3) is 0 Å². The van der Waals surface area contributed by atoms with E-state index < -0.39 is 12.0 Å². The molecule has 1 aromatic heterocycles. The van der Waals surface area contributed by atoms with Crippen molar-refractivity contribution in [1.82, 2.24) is 10.1 Å². The predicted molar refractivity (Wildman–Crippen MR) is 61.1 cm³/mol. The third kappa shape index (κ3) is 1.73.